The number of aryl methyl sites for hydroxylation is 1. The molecule has 0 saturated heterocycles. The van der Waals surface area contributed by atoms with Crippen LogP contribution in [0.25, 0.3) is 0 Å². The predicted molar refractivity (Wildman–Crippen MR) is 76.0 cm³/mol. The molecule has 1 unspecified atom stereocenters. The van der Waals surface area contributed by atoms with Crippen molar-refractivity contribution < 1.29 is 0 Å². The average Bonchev–Trinajstić information content (AvgIpc) is 3.02. The van der Waals surface area contributed by atoms with Crippen molar-refractivity contribution in [1.82, 2.24) is 5.32 Å². The predicted octanol–water partition coefficient (Wildman–Crippen LogP) is 3.81. The maximum atomic E-state index is 6.03. The minimum atomic E-state index is 0.548. The van der Waals surface area contributed by atoms with Crippen molar-refractivity contribution in [3.63, 3.8) is 0 Å². The van der Waals surface area contributed by atoms with Crippen LogP contribution in [0.15, 0.2) is 18.2 Å². The van der Waals surface area contributed by atoms with E-state index in [1.807, 2.05) is 17.8 Å². The van der Waals surface area contributed by atoms with E-state index in [1.165, 1.54) is 36.8 Å². The van der Waals surface area contributed by atoms with Crippen LogP contribution >= 0.6 is 23.4 Å². The van der Waals surface area contributed by atoms with Gasteiger partial charge in [0.15, 0.2) is 0 Å². The standard InChI is InChI=1S/C14H18ClNS/c1-17-14(6-7-14)9-16-13-5-2-10-8-11(15)3-4-12(10)13/h3-4,8,13,16H,2,5-7,9H2,1H3. The van der Waals surface area contributed by atoms with Gasteiger partial charge in [0.25, 0.3) is 0 Å². The highest BCUT2D eigenvalue weighted by Gasteiger charge is 2.42. The molecule has 0 bridgehead atoms. The molecule has 3 rings (SSSR count). The van der Waals surface area contributed by atoms with Crippen molar-refractivity contribution in [2.75, 3.05) is 12.8 Å². The van der Waals surface area contributed by atoms with Gasteiger partial charge in [-0.1, -0.05) is 17.7 Å². The fourth-order valence-corrected chi connectivity index (χ4v) is 3.63. The minimum absolute atomic E-state index is 0.548. The topological polar surface area (TPSA) is 12.0 Å². The molecule has 1 nitrogen and oxygen atoms in total. The van der Waals surface area contributed by atoms with Crippen LogP contribution in [0.5, 0.6) is 0 Å². The summed E-state index contributed by atoms with van der Waals surface area (Å²) >= 11 is 8.05. The van der Waals surface area contributed by atoms with E-state index in [0.29, 0.717) is 10.8 Å². The van der Waals surface area contributed by atoms with Gasteiger partial charge in [-0.3, -0.25) is 0 Å². The van der Waals surface area contributed by atoms with Crippen LogP contribution < -0.4 is 5.32 Å². The molecule has 1 saturated carbocycles. The third-order valence-corrected chi connectivity index (χ3v) is 5.75. The lowest BCUT2D eigenvalue weighted by Crippen LogP contribution is -2.28. The molecule has 3 heteroatoms. The van der Waals surface area contributed by atoms with Crippen LogP contribution in [0.4, 0.5) is 0 Å². The highest BCUT2D eigenvalue weighted by atomic mass is 35.5. The summed E-state index contributed by atoms with van der Waals surface area (Å²) in [5, 5.41) is 4.61. The van der Waals surface area contributed by atoms with Gasteiger partial charge in [-0.05, 0) is 55.2 Å². The lowest BCUT2D eigenvalue weighted by Gasteiger charge is -2.18. The number of halogens is 1. The summed E-state index contributed by atoms with van der Waals surface area (Å²) in [4.78, 5) is 0. The molecule has 1 aromatic carbocycles. The zero-order chi connectivity index (χ0) is 11.9. The van der Waals surface area contributed by atoms with Gasteiger partial charge in [0, 0.05) is 22.4 Å². The first-order valence-electron chi connectivity index (χ1n) is 6.29. The van der Waals surface area contributed by atoms with Gasteiger partial charge in [-0.15, -0.1) is 0 Å². The zero-order valence-corrected chi connectivity index (χ0v) is 11.7. The smallest absolute Gasteiger partial charge is 0.0408 e. The van der Waals surface area contributed by atoms with Crippen LogP contribution in [0.1, 0.15) is 36.4 Å². The first kappa shape index (κ1) is 11.9. The second-order valence-electron chi connectivity index (χ2n) is 5.20. The van der Waals surface area contributed by atoms with Gasteiger partial charge >= 0.3 is 0 Å². The van der Waals surface area contributed by atoms with Crippen molar-refractivity contribution in [1.29, 1.82) is 0 Å². The van der Waals surface area contributed by atoms with Crippen LogP contribution in [-0.4, -0.2) is 17.5 Å². The maximum Gasteiger partial charge on any atom is 0.0408 e. The van der Waals surface area contributed by atoms with E-state index in [0.717, 1.165) is 11.6 Å². The van der Waals surface area contributed by atoms with E-state index in [1.54, 1.807) is 0 Å². The Kier molecular flexibility index (Phi) is 3.14. The molecule has 2 aliphatic carbocycles. The molecule has 1 aromatic rings. The Morgan fingerprint density at radius 3 is 3.00 bits per heavy atom. The Morgan fingerprint density at radius 2 is 2.29 bits per heavy atom. The third-order valence-electron chi connectivity index (χ3n) is 4.09. The van der Waals surface area contributed by atoms with Gasteiger partial charge in [0.2, 0.25) is 0 Å². The van der Waals surface area contributed by atoms with Crippen LogP contribution in [-0.2, 0) is 6.42 Å². The van der Waals surface area contributed by atoms with Gasteiger partial charge in [-0.2, -0.15) is 11.8 Å². The lowest BCUT2D eigenvalue weighted by molar-refractivity contribution is 0.524. The molecule has 1 atom stereocenters. The highest BCUT2D eigenvalue weighted by molar-refractivity contribution is 8.00. The zero-order valence-electron chi connectivity index (χ0n) is 10.1. The summed E-state index contributed by atoms with van der Waals surface area (Å²) in [5.74, 6) is 0. The fourth-order valence-electron chi connectivity index (χ4n) is 2.70. The Bertz CT molecular complexity index is 428. The molecule has 92 valence electrons. The molecule has 17 heavy (non-hydrogen) atoms. The summed E-state index contributed by atoms with van der Waals surface area (Å²) < 4.78 is 0.551. The number of hydrogen-bond acceptors (Lipinski definition) is 2. The van der Waals surface area contributed by atoms with E-state index in [2.05, 4.69) is 23.7 Å². The van der Waals surface area contributed by atoms with Crippen molar-refractivity contribution in [3.8, 4) is 0 Å². The van der Waals surface area contributed by atoms with Crippen LogP contribution in [0.3, 0.4) is 0 Å². The summed E-state index contributed by atoms with van der Waals surface area (Å²) in [6.45, 7) is 1.15. The van der Waals surface area contributed by atoms with E-state index in [-0.39, 0.29) is 0 Å². The Labute approximate surface area is 112 Å². The molecule has 0 spiro atoms. The lowest BCUT2D eigenvalue weighted by atomic mass is 10.1. The van der Waals surface area contributed by atoms with Crippen molar-refractivity contribution in [3.05, 3.63) is 34.3 Å². The molecular weight excluding hydrogens is 250 g/mol. The Hall–Kier alpha value is -0.180. The van der Waals surface area contributed by atoms with Crippen molar-refractivity contribution >= 4 is 23.4 Å². The molecule has 0 aliphatic heterocycles. The molecular formula is C14H18ClNS. The summed E-state index contributed by atoms with van der Waals surface area (Å²) in [7, 11) is 0. The number of nitrogens with one attached hydrogen (secondary N) is 1. The molecule has 0 radical (unpaired) electrons. The summed E-state index contributed by atoms with van der Waals surface area (Å²) in [6.07, 6.45) is 7.37. The fraction of sp³-hybridized carbons (Fsp3) is 0.571. The minimum Gasteiger partial charge on any atom is -0.309 e. The third kappa shape index (κ3) is 2.35. The number of fused-ring (bicyclic) bond motifs is 1. The maximum absolute atomic E-state index is 6.03. The van der Waals surface area contributed by atoms with Crippen LogP contribution in [0.2, 0.25) is 5.02 Å². The van der Waals surface area contributed by atoms with Gasteiger partial charge in [0.1, 0.15) is 0 Å². The van der Waals surface area contributed by atoms with Crippen LogP contribution in [0, 0.1) is 0 Å². The molecule has 0 heterocycles. The number of hydrogen-bond donors (Lipinski definition) is 1. The van der Waals surface area contributed by atoms with Crippen molar-refractivity contribution in [2.24, 2.45) is 0 Å². The molecule has 2 aliphatic rings. The second-order valence-corrected chi connectivity index (χ2v) is 6.91. The van der Waals surface area contributed by atoms with E-state index in [4.69, 9.17) is 11.6 Å². The quantitative estimate of drug-likeness (QED) is 0.890. The Balaban J connectivity index is 1.67. The van der Waals surface area contributed by atoms with E-state index < -0.39 is 0 Å². The number of rotatable bonds is 4. The van der Waals surface area contributed by atoms with Gasteiger partial charge < -0.3 is 5.32 Å². The largest absolute Gasteiger partial charge is 0.309 e. The molecule has 0 amide bonds. The number of benzene rings is 1. The highest BCUT2D eigenvalue weighted by Crippen LogP contribution is 2.47. The summed E-state index contributed by atoms with van der Waals surface area (Å²) in [6, 6.07) is 6.88. The monoisotopic (exact) mass is 267 g/mol. The second kappa shape index (κ2) is 4.49. The number of thioether (sulfide) groups is 1. The van der Waals surface area contributed by atoms with Gasteiger partial charge in [-0.25, -0.2) is 0 Å². The van der Waals surface area contributed by atoms with E-state index >= 15 is 0 Å². The molecule has 1 fully saturated rings. The first-order chi connectivity index (χ1) is 8.22. The van der Waals surface area contributed by atoms with Gasteiger partial charge in [0.05, 0.1) is 0 Å². The Morgan fingerprint density at radius 1 is 1.47 bits per heavy atom. The normalized spacial score (nSPS) is 24.7. The van der Waals surface area contributed by atoms with Crippen molar-refractivity contribution in [2.45, 2.75) is 36.5 Å². The molecule has 0 aromatic heterocycles. The van der Waals surface area contributed by atoms with E-state index in [9.17, 15) is 0 Å². The molecule has 1 N–H and O–H groups in total. The first-order valence-corrected chi connectivity index (χ1v) is 7.90. The SMILES string of the molecule is CSC1(CNC2CCc3cc(Cl)ccc32)CC1. The summed E-state index contributed by atoms with van der Waals surface area (Å²) in [5.41, 5.74) is 2.90. The average molecular weight is 268 g/mol.